The molecule has 0 spiro atoms. The van der Waals surface area contributed by atoms with Crippen LogP contribution in [0.15, 0.2) is 18.2 Å². The number of halogens is 6. The van der Waals surface area contributed by atoms with Crippen LogP contribution in [0, 0.1) is 0 Å². The van der Waals surface area contributed by atoms with Crippen molar-refractivity contribution >= 4 is 5.78 Å². The lowest BCUT2D eigenvalue weighted by molar-refractivity contribution is -0.143. The second-order valence-electron chi connectivity index (χ2n) is 4.00. The van der Waals surface area contributed by atoms with Crippen molar-refractivity contribution in [2.45, 2.75) is 12.4 Å². The SMILES string of the molecule is COCC(=O)COc1cc(C(F)(F)F)cc(C(F)(F)F)c1. The molecule has 0 aliphatic rings. The van der Waals surface area contributed by atoms with Crippen molar-refractivity contribution in [1.82, 2.24) is 0 Å². The Morgan fingerprint density at radius 1 is 0.952 bits per heavy atom. The lowest BCUT2D eigenvalue weighted by Gasteiger charge is -2.14. The van der Waals surface area contributed by atoms with E-state index in [1.807, 2.05) is 0 Å². The Balaban J connectivity index is 3.06. The van der Waals surface area contributed by atoms with E-state index < -0.39 is 41.6 Å². The third-order valence-electron chi connectivity index (χ3n) is 2.27. The van der Waals surface area contributed by atoms with Crippen molar-refractivity contribution in [2.24, 2.45) is 0 Å². The minimum absolute atomic E-state index is 0.0240. The van der Waals surface area contributed by atoms with Gasteiger partial charge in [0.2, 0.25) is 0 Å². The minimum atomic E-state index is -4.96. The molecule has 0 N–H and O–H groups in total. The Morgan fingerprint density at radius 2 is 1.43 bits per heavy atom. The first-order chi connectivity index (χ1) is 9.54. The van der Waals surface area contributed by atoms with E-state index in [1.54, 1.807) is 0 Å². The lowest BCUT2D eigenvalue weighted by Crippen LogP contribution is -2.17. The van der Waals surface area contributed by atoms with Gasteiger partial charge in [-0.15, -0.1) is 0 Å². The Bertz CT molecular complexity index is 474. The standard InChI is InChI=1S/C12H10F6O3/c1-20-5-9(19)6-21-10-3-7(11(13,14)15)2-8(4-10)12(16,17)18/h2-4H,5-6H2,1H3. The van der Waals surface area contributed by atoms with Gasteiger partial charge < -0.3 is 9.47 Å². The summed E-state index contributed by atoms with van der Waals surface area (Å²) in [5, 5.41) is 0. The third kappa shape index (κ3) is 5.25. The molecule has 0 amide bonds. The molecular weight excluding hydrogens is 306 g/mol. The van der Waals surface area contributed by atoms with Crippen LogP contribution in [0.5, 0.6) is 5.75 Å². The lowest BCUT2D eigenvalue weighted by atomic mass is 10.1. The summed E-state index contributed by atoms with van der Waals surface area (Å²) in [4.78, 5) is 11.1. The van der Waals surface area contributed by atoms with Gasteiger partial charge in [-0.05, 0) is 18.2 Å². The van der Waals surface area contributed by atoms with Crippen molar-refractivity contribution in [3.8, 4) is 5.75 Å². The van der Waals surface area contributed by atoms with Gasteiger partial charge in [-0.3, -0.25) is 4.79 Å². The Hall–Kier alpha value is -1.77. The number of benzene rings is 1. The molecule has 0 bridgehead atoms. The fourth-order valence-corrected chi connectivity index (χ4v) is 1.38. The van der Waals surface area contributed by atoms with Gasteiger partial charge in [0.1, 0.15) is 19.0 Å². The van der Waals surface area contributed by atoms with Gasteiger partial charge in [-0.25, -0.2) is 0 Å². The Morgan fingerprint density at radius 3 is 1.81 bits per heavy atom. The molecule has 0 aliphatic heterocycles. The van der Waals surface area contributed by atoms with Gasteiger partial charge in [-0.1, -0.05) is 0 Å². The molecule has 3 nitrogen and oxygen atoms in total. The van der Waals surface area contributed by atoms with Crippen LogP contribution in [0.4, 0.5) is 26.3 Å². The zero-order valence-electron chi connectivity index (χ0n) is 10.6. The summed E-state index contributed by atoms with van der Waals surface area (Å²) in [6, 6.07) is 0.772. The Labute approximate surface area is 115 Å². The topological polar surface area (TPSA) is 35.5 Å². The van der Waals surface area contributed by atoms with Gasteiger partial charge in [-0.2, -0.15) is 26.3 Å². The molecular formula is C12H10F6O3. The van der Waals surface area contributed by atoms with Crippen LogP contribution in [-0.2, 0) is 21.9 Å². The molecule has 0 unspecified atom stereocenters. The van der Waals surface area contributed by atoms with Crippen LogP contribution in [-0.4, -0.2) is 26.1 Å². The number of methoxy groups -OCH3 is 1. The summed E-state index contributed by atoms with van der Waals surface area (Å²) in [6.07, 6.45) is -9.92. The highest BCUT2D eigenvalue weighted by molar-refractivity contribution is 5.81. The number of hydrogen-bond acceptors (Lipinski definition) is 3. The van der Waals surface area contributed by atoms with Crippen LogP contribution in [0.25, 0.3) is 0 Å². The second kappa shape index (κ2) is 6.33. The van der Waals surface area contributed by atoms with Crippen LogP contribution in [0.3, 0.4) is 0 Å². The summed E-state index contributed by atoms with van der Waals surface area (Å²) in [5.74, 6) is -1.31. The van der Waals surface area contributed by atoms with E-state index in [0.29, 0.717) is 12.1 Å². The highest BCUT2D eigenvalue weighted by atomic mass is 19.4. The van der Waals surface area contributed by atoms with Gasteiger partial charge in [0.05, 0.1) is 11.1 Å². The monoisotopic (exact) mass is 316 g/mol. The summed E-state index contributed by atoms with van der Waals surface area (Å²) in [5.41, 5.74) is -3.02. The average Bonchev–Trinajstić information content (AvgIpc) is 2.34. The molecule has 0 aliphatic carbocycles. The largest absolute Gasteiger partial charge is 0.486 e. The van der Waals surface area contributed by atoms with Crippen LogP contribution < -0.4 is 4.74 Å². The van der Waals surface area contributed by atoms with Crippen LogP contribution in [0.2, 0.25) is 0 Å². The van der Waals surface area contributed by atoms with Crippen molar-refractivity contribution in [2.75, 3.05) is 20.3 Å². The van der Waals surface area contributed by atoms with Crippen molar-refractivity contribution in [3.63, 3.8) is 0 Å². The molecule has 118 valence electrons. The molecule has 0 heterocycles. The molecule has 0 saturated carbocycles. The minimum Gasteiger partial charge on any atom is -0.486 e. The van der Waals surface area contributed by atoms with E-state index >= 15 is 0 Å². The van der Waals surface area contributed by atoms with Crippen molar-refractivity contribution < 1.29 is 40.6 Å². The third-order valence-corrected chi connectivity index (χ3v) is 2.27. The molecule has 21 heavy (non-hydrogen) atoms. The Kier molecular flexibility index (Phi) is 5.21. The van der Waals surface area contributed by atoms with Crippen LogP contribution in [0.1, 0.15) is 11.1 Å². The predicted molar refractivity (Wildman–Crippen MR) is 58.8 cm³/mol. The van der Waals surface area contributed by atoms with E-state index in [2.05, 4.69) is 9.47 Å². The molecule has 1 rings (SSSR count). The fraction of sp³-hybridized carbons (Fsp3) is 0.417. The van der Waals surface area contributed by atoms with Crippen molar-refractivity contribution in [1.29, 1.82) is 0 Å². The zero-order valence-corrected chi connectivity index (χ0v) is 10.6. The first-order valence-electron chi connectivity index (χ1n) is 5.47. The summed E-state index contributed by atoms with van der Waals surface area (Å²) in [7, 11) is 1.21. The number of hydrogen-bond donors (Lipinski definition) is 0. The van der Waals surface area contributed by atoms with E-state index in [-0.39, 0.29) is 12.7 Å². The first kappa shape index (κ1) is 17.3. The van der Waals surface area contributed by atoms with Gasteiger partial charge in [0, 0.05) is 7.11 Å². The first-order valence-corrected chi connectivity index (χ1v) is 5.47. The second-order valence-corrected chi connectivity index (χ2v) is 4.00. The summed E-state index contributed by atoms with van der Waals surface area (Å²) in [6.45, 7) is -1.04. The molecule has 0 fully saturated rings. The number of ether oxygens (including phenoxy) is 2. The molecule has 0 aromatic heterocycles. The highest BCUT2D eigenvalue weighted by Gasteiger charge is 2.37. The maximum Gasteiger partial charge on any atom is 0.416 e. The molecule has 0 radical (unpaired) electrons. The van der Waals surface area contributed by atoms with E-state index in [9.17, 15) is 31.1 Å². The quantitative estimate of drug-likeness (QED) is 0.782. The molecule has 0 atom stereocenters. The number of Topliss-reactive ketones (excluding diaryl/α,β-unsaturated/α-hetero) is 1. The average molecular weight is 316 g/mol. The maximum absolute atomic E-state index is 12.5. The predicted octanol–water partition coefficient (Wildman–Crippen LogP) is 3.32. The number of alkyl halides is 6. The van der Waals surface area contributed by atoms with Gasteiger partial charge in [0.15, 0.2) is 5.78 Å². The number of rotatable bonds is 5. The number of carbonyl (C=O) groups excluding carboxylic acids is 1. The van der Waals surface area contributed by atoms with Gasteiger partial charge in [0.25, 0.3) is 0 Å². The normalized spacial score (nSPS) is 12.3. The van der Waals surface area contributed by atoms with Gasteiger partial charge >= 0.3 is 12.4 Å². The zero-order chi connectivity index (χ0) is 16.3. The van der Waals surface area contributed by atoms with E-state index in [0.717, 1.165) is 0 Å². The van der Waals surface area contributed by atoms with Crippen molar-refractivity contribution in [3.05, 3.63) is 29.3 Å². The van der Waals surface area contributed by atoms with E-state index in [4.69, 9.17) is 0 Å². The molecule has 9 heteroatoms. The fourth-order valence-electron chi connectivity index (χ4n) is 1.38. The van der Waals surface area contributed by atoms with Crippen LogP contribution >= 0.6 is 0 Å². The smallest absolute Gasteiger partial charge is 0.416 e. The number of carbonyl (C=O) groups is 1. The summed E-state index contributed by atoms with van der Waals surface area (Å²) < 4.78 is 84.4. The number of ketones is 1. The molecule has 1 aromatic rings. The van der Waals surface area contributed by atoms with E-state index in [1.165, 1.54) is 7.11 Å². The highest BCUT2D eigenvalue weighted by Crippen LogP contribution is 2.38. The molecule has 1 aromatic carbocycles. The maximum atomic E-state index is 12.5. The molecule has 0 saturated heterocycles. The summed E-state index contributed by atoms with van der Waals surface area (Å²) >= 11 is 0.